The second-order valence-electron chi connectivity index (χ2n) is 12.5. The summed E-state index contributed by atoms with van der Waals surface area (Å²) in [5.41, 5.74) is -0.142. The number of benzene rings is 1. The van der Waals surface area contributed by atoms with E-state index in [0.29, 0.717) is 45.1 Å². The van der Waals surface area contributed by atoms with Crippen molar-refractivity contribution >= 4 is 17.5 Å². The van der Waals surface area contributed by atoms with Crippen LogP contribution in [0.1, 0.15) is 38.5 Å². The molecule has 42 heavy (non-hydrogen) atoms. The minimum absolute atomic E-state index is 0.00721. The molecular weight excluding hydrogens is 534 g/mol. The number of carbonyl (C=O) groups excluding carboxylic acids is 2. The van der Waals surface area contributed by atoms with Crippen LogP contribution in [0, 0.1) is 17.2 Å². The Morgan fingerprint density at radius 3 is 2.81 bits per heavy atom. The number of likely N-dealkylation sites (tertiary alicyclic amines) is 1. The Kier molecular flexibility index (Phi) is 8.26. The zero-order chi connectivity index (χ0) is 29.4. The van der Waals surface area contributed by atoms with Gasteiger partial charge in [-0.25, -0.2) is 0 Å². The first kappa shape index (κ1) is 29.1. The number of nitrogens with one attached hydrogen (secondary N) is 2. The van der Waals surface area contributed by atoms with Crippen molar-refractivity contribution in [3.05, 3.63) is 36.9 Å². The van der Waals surface area contributed by atoms with Crippen LogP contribution in [0.3, 0.4) is 0 Å². The highest BCUT2D eigenvalue weighted by Crippen LogP contribution is 2.46. The van der Waals surface area contributed by atoms with Gasteiger partial charge in [-0.15, -0.1) is 0 Å². The first-order valence-electron chi connectivity index (χ1n) is 15.3. The predicted octanol–water partition coefficient (Wildman–Crippen LogP) is 1.48. The molecule has 1 spiro atoms. The molecule has 4 heterocycles. The number of rotatable bonds is 6. The molecule has 1 saturated carbocycles. The van der Waals surface area contributed by atoms with Gasteiger partial charge in [0.1, 0.15) is 5.75 Å². The van der Waals surface area contributed by atoms with Crippen molar-refractivity contribution in [3.63, 3.8) is 0 Å². The van der Waals surface area contributed by atoms with Crippen LogP contribution in [0.25, 0.3) is 0 Å². The molecular formula is C31H43N7O4. The van der Waals surface area contributed by atoms with Crippen molar-refractivity contribution in [1.82, 2.24) is 25.3 Å². The molecule has 11 heteroatoms. The van der Waals surface area contributed by atoms with Gasteiger partial charge in [0.05, 0.1) is 37.0 Å². The predicted molar refractivity (Wildman–Crippen MR) is 157 cm³/mol. The molecule has 3 saturated heterocycles. The lowest BCUT2D eigenvalue weighted by atomic mass is 9.71. The Balaban J connectivity index is 1.24. The summed E-state index contributed by atoms with van der Waals surface area (Å²) in [6.07, 6.45) is 5.38. The highest BCUT2D eigenvalue weighted by molar-refractivity contribution is 6.02. The lowest BCUT2D eigenvalue weighted by molar-refractivity contribution is -0.151. The molecule has 2 amide bonds. The van der Waals surface area contributed by atoms with Gasteiger partial charge in [0.25, 0.3) is 5.91 Å². The molecule has 0 radical (unpaired) electrons. The number of ether oxygens (including phenoxy) is 2. The van der Waals surface area contributed by atoms with E-state index in [9.17, 15) is 14.9 Å². The van der Waals surface area contributed by atoms with Gasteiger partial charge in [-0.3, -0.25) is 25.1 Å². The molecule has 1 aromatic rings. The van der Waals surface area contributed by atoms with E-state index in [4.69, 9.17) is 9.47 Å². The highest BCUT2D eigenvalue weighted by Gasteiger charge is 2.56. The number of piperazine rings is 1. The smallest absolute Gasteiger partial charge is 0.271 e. The normalized spacial score (nSPS) is 35.3. The van der Waals surface area contributed by atoms with Crippen LogP contribution in [-0.4, -0.2) is 110 Å². The standard InChI is InChI=1S/C31H43N7O4/c1-4-27(39)38-17-16-37(19-21(38)12-14-32)28-23-11-13-31(29(40)36(3)25-9-5-6-10-26(25)42-31)18-24(23)33-30(34-28)41-20-22-8-7-15-35(22)2/h4-6,9-10,21-24,28,30,33-34H,1,7-8,11-13,15-20H2,2-3H3/t21-,22-,23?,24?,28?,30?,31-/m0/s1. The van der Waals surface area contributed by atoms with Crippen LogP contribution < -0.4 is 20.3 Å². The second-order valence-corrected chi connectivity index (χ2v) is 12.5. The van der Waals surface area contributed by atoms with Gasteiger partial charge in [0.15, 0.2) is 12.0 Å². The number of likely N-dealkylation sites (N-methyl/N-ethyl adjacent to an activating group) is 2. The van der Waals surface area contributed by atoms with E-state index in [1.54, 1.807) is 9.80 Å². The number of nitrogens with zero attached hydrogens (tertiary/aromatic N) is 5. The fraction of sp³-hybridized carbons (Fsp3) is 0.645. The van der Waals surface area contributed by atoms with E-state index in [0.717, 1.165) is 30.8 Å². The van der Waals surface area contributed by atoms with Gasteiger partial charge >= 0.3 is 0 Å². The van der Waals surface area contributed by atoms with Crippen LogP contribution in [0.2, 0.25) is 0 Å². The molecule has 4 aliphatic heterocycles. The largest absolute Gasteiger partial charge is 0.475 e. The summed E-state index contributed by atoms with van der Waals surface area (Å²) < 4.78 is 13.0. The lowest BCUT2D eigenvalue weighted by Gasteiger charge is -2.55. The van der Waals surface area contributed by atoms with Crippen molar-refractivity contribution in [1.29, 1.82) is 5.26 Å². The maximum absolute atomic E-state index is 13.8. The second kappa shape index (κ2) is 11.9. The number of carbonyl (C=O) groups is 2. The van der Waals surface area contributed by atoms with E-state index in [2.05, 4.69) is 40.1 Å². The summed E-state index contributed by atoms with van der Waals surface area (Å²) in [6, 6.07) is 10.1. The summed E-state index contributed by atoms with van der Waals surface area (Å²) in [4.78, 5) is 34.6. The minimum Gasteiger partial charge on any atom is -0.475 e. The van der Waals surface area contributed by atoms with Gasteiger partial charge in [-0.2, -0.15) is 5.26 Å². The van der Waals surface area contributed by atoms with E-state index in [1.807, 2.05) is 31.3 Å². The maximum Gasteiger partial charge on any atom is 0.271 e. The fourth-order valence-electron chi connectivity index (χ4n) is 7.76. The molecule has 4 unspecified atom stereocenters. The third-order valence-corrected chi connectivity index (χ3v) is 10.1. The van der Waals surface area contributed by atoms with Crippen LogP contribution in [-0.2, 0) is 14.3 Å². The Bertz CT molecular complexity index is 1240. The number of anilines is 1. The molecule has 11 nitrogen and oxygen atoms in total. The zero-order valence-electron chi connectivity index (χ0n) is 24.7. The van der Waals surface area contributed by atoms with Gasteiger partial charge < -0.3 is 24.2 Å². The molecule has 1 aliphatic carbocycles. The average Bonchev–Trinajstić information content (AvgIpc) is 3.42. The molecule has 226 valence electrons. The SMILES string of the molecule is C=CC(=O)N1CCN(C2NC(OC[C@@H]3CCCN3C)NC3C[C@]4(CCC32)Oc2ccccc2N(C)C4=O)C[C@@H]1CC#N. The minimum atomic E-state index is -0.937. The third kappa shape index (κ3) is 5.31. The number of para-hydroxylation sites is 2. The third-order valence-electron chi connectivity index (χ3n) is 10.1. The van der Waals surface area contributed by atoms with E-state index < -0.39 is 12.0 Å². The summed E-state index contributed by atoms with van der Waals surface area (Å²) in [6.45, 7) is 7.15. The Labute approximate surface area is 248 Å². The summed E-state index contributed by atoms with van der Waals surface area (Å²) >= 11 is 0. The summed E-state index contributed by atoms with van der Waals surface area (Å²) in [5.74, 6) is 0.785. The van der Waals surface area contributed by atoms with E-state index >= 15 is 0 Å². The average molecular weight is 578 g/mol. The molecule has 7 atom stereocenters. The monoisotopic (exact) mass is 577 g/mol. The number of fused-ring (bicyclic) bond motifs is 2. The van der Waals surface area contributed by atoms with Crippen molar-refractivity contribution < 1.29 is 19.1 Å². The van der Waals surface area contributed by atoms with Crippen molar-refractivity contribution in [2.45, 2.75) is 74.8 Å². The van der Waals surface area contributed by atoms with Crippen molar-refractivity contribution in [3.8, 4) is 11.8 Å². The zero-order valence-corrected chi connectivity index (χ0v) is 24.7. The fourth-order valence-corrected chi connectivity index (χ4v) is 7.76. The number of amides is 2. The van der Waals surface area contributed by atoms with E-state index in [1.165, 1.54) is 12.5 Å². The van der Waals surface area contributed by atoms with Crippen LogP contribution in [0.4, 0.5) is 5.69 Å². The first-order chi connectivity index (χ1) is 20.3. The van der Waals surface area contributed by atoms with E-state index in [-0.39, 0.29) is 42.4 Å². The number of hydrogen-bond acceptors (Lipinski definition) is 9. The van der Waals surface area contributed by atoms with Gasteiger partial charge in [-0.1, -0.05) is 18.7 Å². The highest BCUT2D eigenvalue weighted by atomic mass is 16.5. The molecule has 0 aromatic heterocycles. The van der Waals surface area contributed by atoms with Gasteiger partial charge in [-0.05, 0) is 57.5 Å². The quantitative estimate of drug-likeness (QED) is 0.486. The Morgan fingerprint density at radius 2 is 2.05 bits per heavy atom. The maximum atomic E-state index is 13.8. The van der Waals surface area contributed by atoms with Crippen LogP contribution >= 0.6 is 0 Å². The molecule has 5 aliphatic rings. The van der Waals surface area contributed by atoms with Crippen molar-refractivity contribution in [2.75, 3.05) is 51.8 Å². The Morgan fingerprint density at radius 1 is 1.21 bits per heavy atom. The van der Waals surface area contributed by atoms with Gasteiger partial charge in [0.2, 0.25) is 5.91 Å². The number of nitriles is 1. The number of hydrogen-bond donors (Lipinski definition) is 2. The van der Waals surface area contributed by atoms with Crippen LogP contribution in [0.5, 0.6) is 5.75 Å². The molecule has 0 bridgehead atoms. The molecule has 6 rings (SSSR count). The molecule has 4 fully saturated rings. The molecule has 1 aromatic carbocycles. The lowest BCUT2D eigenvalue weighted by Crippen LogP contribution is -2.74. The first-order valence-corrected chi connectivity index (χ1v) is 15.3. The van der Waals surface area contributed by atoms with Crippen LogP contribution in [0.15, 0.2) is 36.9 Å². The summed E-state index contributed by atoms with van der Waals surface area (Å²) in [7, 11) is 3.98. The topological polar surface area (TPSA) is 113 Å². The van der Waals surface area contributed by atoms with Gasteiger partial charge in [0, 0.05) is 51.1 Å². The Hall–Kier alpha value is -3.01. The summed E-state index contributed by atoms with van der Waals surface area (Å²) in [5, 5.41) is 17.0. The molecule has 2 N–H and O–H groups in total. The van der Waals surface area contributed by atoms with Crippen molar-refractivity contribution in [2.24, 2.45) is 5.92 Å².